The summed E-state index contributed by atoms with van der Waals surface area (Å²) >= 11 is 0. The van der Waals surface area contributed by atoms with E-state index >= 15 is 0 Å². The lowest BCUT2D eigenvalue weighted by atomic mass is 9.84. The maximum Gasteiger partial charge on any atom is 0.514 e. The first-order chi connectivity index (χ1) is 14.1. The Bertz CT molecular complexity index is 921. The third-order valence-electron chi connectivity index (χ3n) is 5.59. The van der Waals surface area contributed by atoms with E-state index in [1.54, 1.807) is 18.2 Å². The molecule has 2 heterocycles. The number of hydrogen-bond acceptors (Lipinski definition) is 7. The molecule has 1 saturated heterocycles. The van der Waals surface area contributed by atoms with Crippen LogP contribution in [0.4, 0.5) is 10.5 Å². The van der Waals surface area contributed by atoms with Crippen molar-refractivity contribution in [1.29, 1.82) is 0 Å². The second-order valence-corrected chi connectivity index (χ2v) is 8.17. The van der Waals surface area contributed by atoms with Crippen LogP contribution in [0.3, 0.4) is 0 Å². The van der Waals surface area contributed by atoms with Crippen LogP contribution in [0.1, 0.15) is 38.8 Å². The summed E-state index contributed by atoms with van der Waals surface area (Å²) in [4.78, 5) is 16.4. The molecule has 1 aliphatic rings. The zero-order chi connectivity index (χ0) is 22.1. The van der Waals surface area contributed by atoms with Crippen LogP contribution in [-0.4, -0.2) is 29.3 Å². The molecule has 1 fully saturated rings. The van der Waals surface area contributed by atoms with E-state index in [9.17, 15) is 4.79 Å². The molecule has 160 valence electrons. The molecule has 0 aliphatic carbocycles. The lowest BCUT2D eigenvalue weighted by Gasteiger charge is -2.32. The van der Waals surface area contributed by atoms with Crippen LogP contribution >= 0.6 is 0 Å². The summed E-state index contributed by atoms with van der Waals surface area (Å²) in [6.07, 6.45) is 0. The molecule has 0 spiro atoms. The number of nitrogens with zero attached hydrogens (tertiary/aromatic N) is 2. The molecule has 2 amide bonds. The minimum atomic E-state index is -0.636. The van der Waals surface area contributed by atoms with Crippen molar-refractivity contribution in [2.24, 2.45) is 11.7 Å². The first kappa shape index (κ1) is 22.0. The zero-order valence-corrected chi connectivity index (χ0v) is 17.9. The van der Waals surface area contributed by atoms with Crippen molar-refractivity contribution >= 4 is 24.4 Å². The van der Waals surface area contributed by atoms with Gasteiger partial charge in [0.2, 0.25) is 5.88 Å². The quantitative estimate of drug-likeness (QED) is 0.294. The highest BCUT2D eigenvalue weighted by Crippen LogP contribution is 2.36. The number of nitrogens with one attached hydrogen (secondary N) is 1. The number of hydrogen-bond donors (Lipinski definition) is 3. The van der Waals surface area contributed by atoms with E-state index in [2.05, 4.69) is 4.98 Å². The Morgan fingerprint density at radius 1 is 1.17 bits per heavy atom. The third kappa shape index (κ3) is 4.27. The summed E-state index contributed by atoms with van der Waals surface area (Å²) in [7, 11) is -0.583. The SMILES string of the molecule is Cc1cccc(N(N)C(=O)NN)c1COc1cccc(B2OC(C)(C)C(C)(C)O2)n1. The molecule has 30 heavy (non-hydrogen) atoms. The van der Waals surface area contributed by atoms with Crippen LogP contribution < -0.4 is 32.5 Å². The van der Waals surface area contributed by atoms with Gasteiger partial charge in [0.05, 0.1) is 22.5 Å². The van der Waals surface area contributed by atoms with Crippen molar-refractivity contribution in [1.82, 2.24) is 10.4 Å². The third-order valence-corrected chi connectivity index (χ3v) is 5.59. The Kier molecular flexibility index (Phi) is 6.05. The molecule has 9 nitrogen and oxygen atoms in total. The Morgan fingerprint density at radius 3 is 2.43 bits per heavy atom. The first-order valence-electron chi connectivity index (χ1n) is 9.65. The standard InChI is InChI=1S/C20H28BN5O4/c1-13-8-6-9-15(26(23)18(27)25-22)14(13)12-28-17-11-7-10-16(24-17)21-29-19(2,3)20(4,5)30-21/h6-11H,12,22-23H2,1-5H3,(H,25,27). The number of carbonyl (C=O) groups is 1. The van der Waals surface area contributed by atoms with Crippen molar-refractivity contribution in [3.63, 3.8) is 0 Å². The number of aryl methyl sites for hydroxylation is 1. The van der Waals surface area contributed by atoms with E-state index in [1.165, 1.54) is 0 Å². The number of ether oxygens (including phenoxy) is 1. The second-order valence-electron chi connectivity index (χ2n) is 8.17. The fraction of sp³-hybridized carbons (Fsp3) is 0.400. The smallest absolute Gasteiger partial charge is 0.473 e. The molecule has 0 atom stereocenters. The van der Waals surface area contributed by atoms with Gasteiger partial charge in [-0.25, -0.2) is 26.5 Å². The number of benzene rings is 1. The Hall–Kier alpha value is -2.66. The number of hydrazine groups is 2. The van der Waals surface area contributed by atoms with Crippen molar-refractivity contribution < 1.29 is 18.8 Å². The average Bonchev–Trinajstić information content (AvgIpc) is 2.93. The Labute approximate surface area is 176 Å². The molecular weight excluding hydrogens is 385 g/mol. The van der Waals surface area contributed by atoms with Gasteiger partial charge in [0.1, 0.15) is 6.61 Å². The molecule has 5 N–H and O–H groups in total. The van der Waals surface area contributed by atoms with Gasteiger partial charge in [0.25, 0.3) is 0 Å². The number of aromatic nitrogens is 1. The van der Waals surface area contributed by atoms with E-state index in [0.717, 1.165) is 16.1 Å². The molecule has 2 aromatic rings. The fourth-order valence-electron chi connectivity index (χ4n) is 3.03. The molecule has 0 bridgehead atoms. The molecule has 1 aromatic heterocycles. The maximum atomic E-state index is 11.8. The maximum absolute atomic E-state index is 11.8. The number of rotatable bonds is 5. The zero-order valence-electron chi connectivity index (χ0n) is 17.9. The normalized spacial score (nSPS) is 17.0. The van der Waals surface area contributed by atoms with Gasteiger partial charge in [-0.15, -0.1) is 0 Å². The van der Waals surface area contributed by atoms with E-state index in [1.807, 2.05) is 58.2 Å². The van der Waals surface area contributed by atoms with Crippen LogP contribution in [0.15, 0.2) is 36.4 Å². The van der Waals surface area contributed by atoms with E-state index < -0.39 is 24.4 Å². The molecular formula is C20H28BN5O4. The second kappa shape index (κ2) is 8.23. The topological polar surface area (TPSA) is 125 Å². The molecule has 0 saturated carbocycles. The minimum Gasteiger partial charge on any atom is -0.473 e. The van der Waals surface area contributed by atoms with E-state index in [-0.39, 0.29) is 6.61 Å². The molecule has 1 aliphatic heterocycles. The van der Waals surface area contributed by atoms with E-state index in [0.29, 0.717) is 17.2 Å². The van der Waals surface area contributed by atoms with E-state index in [4.69, 9.17) is 25.7 Å². The van der Waals surface area contributed by atoms with Gasteiger partial charge < -0.3 is 14.0 Å². The molecule has 3 rings (SSSR count). The lowest BCUT2D eigenvalue weighted by molar-refractivity contribution is 0.00578. The molecule has 0 radical (unpaired) electrons. The van der Waals surface area contributed by atoms with Crippen molar-refractivity contribution in [3.8, 4) is 5.88 Å². The highest BCUT2D eigenvalue weighted by Gasteiger charge is 2.52. The highest BCUT2D eigenvalue weighted by molar-refractivity contribution is 6.61. The van der Waals surface area contributed by atoms with Crippen molar-refractivity contribution in [2.45, 2.75) is 52.4 Å². The lowest BCUT2D eigenvalue weighted by Crippen LogP contribution is -2.48. The van der Waals surface area contributed by atoms with Crippen LogP contribution in [0.5, 0.6) is 5.88 Å². The molecule has 10 heteroatoms. The molecule has 0 unspecified atom stereocenters. The minimum absolute atomic E-state index is 0.160. The van der Waals surface area contributed by atoms with Gasteiger partial charge in [-0.3, -0.25) is 5.43 Å². The summed E-state index contributed by atoms with van der Waals surface area (Å²) in [6, 6.07) is 10.2. The van der Waals surface area contributed by atoms with Crippen molar-refractivity contribution in [2.75, 3.05) is 5.01 Å². The molecule has 1 aromatic carbocycles. The van der Waals surface area contributed by atoms with Crippen LogP contribution in [0.25, 0.3) is 0 Å². The van der Waals surface area contributed by atoms with Crippen LogP contribution in [0.2, 0.25) is 0 Å². The van der Waals surface area contributed by atoms with Gasteiger partial charge in [-0.2, -0.15) is 0 Å². The van der Waals surface area contributed by atoms with Crippen molar-refractivity contribution in [3.05, 3.63) is 47.5 Å². The van der Waals surface area contributed by atoms with Gasteiger partial charge >= 0.3 is 13.1 Å². The predicted octanol–water partition coefficient (Wildman–Crippen LogP) is 1.53. The first-order valence-corrected chi connectivity index (χ1v) is 9.65. The predicted molar refractivity (Wildman–Crippen MR) is 115 cm³/mol. The van der Waals surface area contributed by atoms with Crippen LogP contribution in [0, 0.1) is 6.92 Å². The summed E-state index contributed by atoms with van der Waals surface area (Å²) in [5.74, 6) is 11.5. The highest BCUT2D eigenvalue weighted by atomic mass is 16.7. The number of pyridine rings is 1. The van der Waals surface area contributed by atoms with Gasteiger partial charge in [0.15, 0.2) is 0 Å². The Morgan fingerprint density at radius 2 is 1.80 bits per heavy atom. The summed E-state index contributed by atoms with van der Waals surface area (Å²) in [5.41, 5.74) is 3.87. The number of urea groups is 1. The summed E-state index contributed by atoms with van der Waals surface area (Å²) in [5, 5.41) is 0.944. The van der Waals surface area contributed by atoms with Crippen LogP contribution in [-0.2, 0) is 15.9 Å². The summed E-state index contributed by atoms with van der Waals surface area (Å²) < 4.78 is 18.0. The fourth-order valence-corrected chi connectivity index (χ4v) is 3.03. The average molecular weight is 413 g/mol. The number of nitrogens with two attached hydrogens (primary N) is 2. The van der Waals surface area contributed by atoms with Gasteiger partial charge in [0, 0.05) is 11.6 Å². The summed E-state index contributed by atoms with van der Waals surface area (Å²) in [6.45, 7) is 10.0. The number of anilines is 1. The number of carbonyl (C=O) groups excluding carboxylic acids is 1. The monoisotopic (exact) mass is 413 g/mol. The van der Waals surface area contributed by atoms with Gasteiger partial charge in [-0.1, -0.05) is 18.2 Å². The largest absolute Gasteiger partial charge is 0.514 e. The Balaban J connectivity index is 1.79. The number of amides is 2. The van der Waals surface area contributed by atoms with Gasteiger partial charge in [-0.05, 0) is 52.3 Å².